The first-order valence-electron chi connectivity index (χ1n) is 6.49. The summed E-state index contributed by atoms with van der Waals surface area (Å²) in [5.41, 5.74) is 2.96. The molecule has 102 valence electrons. The van der Waals surface area contributed by atoms with Gasteiger partial charge in [0.15, 0.2) is 0 Å². The van der Waals surface area contributed by atoms with Crippen molar-refractivity contribution in [1.29, 1.82) is 0 Å². The summed E-state index contributed by atoms with van der Waals surface area (Å²) in [6.45, 7) is 3.60. The maximum absolute atomic E-state index is 5.28. The van der Waals surface area contributed by atoms with Gasteiger partial charge >= 0.3 is 0 Å². The molecule has 0 unspecified atom stereocenters. The van der Waals surface area contributed by atoms with Crippen LogP contribution in [0.15, 0.2) is 24.3 Å². The van der Waals surface area contributed by atoms with Crippen LogP contribution in [0.3, 0.4) is 0 Å². The van der Waals surface area contributed by atoms with Crippen LogP contribution in [0.1, 0.15) is 19.0 Å². The summed E-state index contributed by atoms with van der Waals surface area (Å²) in [4.78, 5) is 4.59. The number of ether oxygens (including phenoxy) is 2. The first kappa shape index (κ1) is 13.6. The Morgan fingerprint density at radius 2 is 2.05 bits per heavy atom. The molecule has 1 aromatic heterocycles. The Morgan fingerprint density at radius 1 is 1.21 bits per heavy atom. The van der Waals surface area contributed by atoms with Gasteiger partial charge in [-0.05, 0) is 30.7 Å². The number of methoxy groups -OCH3 is 2. The zero-order chi connectivity index (χ0) is 13.7. The highest BCUT2D eigenvalue weighted by atomic mass is 16.5. The van der Waals surface area contributed by atoms with Gasteiger partial charge in [-0.2, -0.15) is 0 Å². The van der Waals surface area contributed by atoms with Crippen molar-refractivity contribution in [1.82, 2.24) is 4.98 Å². The Hall–Kier alpha value is -1.81. The lowest BCUT2D eigenvalue weighted by Crippen LogP contribution is -2.03. The van der Waals surface area contributed by atoms with Crippen molar-refractivity contribution in [2.75, 3.05) is 26.1 Å². The van der Waals surface area contributed by atoms with Crippen molar-refractivity contribution in [3.63, 3.8) is 0 Å². The van der Waals surface area contributed by atoms with Gasteiger partial charge in [0.2, 0.25) is 0 Å². The molecule has 0 fully saturated rings. The summed E-state index contributed by atoms with van der Waals surface area (Å²) >= 11 is 0. The first-order valence-corrected chi connectivity index (χ1v) is 6.49. The predicted octanol–water partition coefficient (Wildman–Crippen LogP) is 3.21. The molecule has 2 aromatic rings. The normalized spacial score (nSPS) is 10.7. The van der Waals surface area contributed by atoms with E-state index in [1.165, 1.54) is 0 Å². The van der Waals surface area contributed by atoms with Gasteiger partial charge in [-0.3, -0.25) is 4.98 Å². The number of pyridine rings is 1. The number of aromatic nitrogens is 1. The average molecular weight is 260 g/mol. The van der Waals surface area contributed by atoms with E-state index in [9.17, 15) is 0 Å². The number of anilines is 1. The van der Waals surface area contributed by atoms with Crippen molar-refractivity contribution in [2.24, 2.45) is 0 Å². The highest BCUT2D eigenvalue weighted by Gasteiger charge is 2.07. The highest BCUT2D eigenvalue weighted by Crippen LogP contribution is 2.27. The molecule has 0 aliphatic rings. The van der Waals surface area contributed by atoms with Crippen LogP contribution in [0.5, 0.6) is 5.75 Å². The summed E-state index contributed by atoms with van der Waals surface area (Å²) in [7, 11) is 3.35. The monoisotopic (exact) mass is 260 g/mol. The fourth-order valence-electron chi connectivity index (χ4n) is 2.01. The van der Waals surface area contributed by atoms with Crippen LogP contribution in [-0.2, 0) is 11.3 Å². The molecular formula is C15H20N2O2. The number of rotatable bonds is 6. The molecule has 1 aromatic carbocycles. The van der Waals surface area contributed by atoms with Gasteiger partial charge < -0.3 is 14.8 Å². The zero-order valence-electron chi connectivity index (χ0n) is 11.7. The van der Waals surface area contributed by atoms with Crippen LogP contribution in [0.4, 0.5) is 5.69 Å². The van der Waals surface area contributed by atoms with E-state index in [-0.39, 0.29) is 0 Å². The third-order valence-corrected chi connectivity index (χ3v) is 2.93. The Bertz CT molecular complexity index is 555. The summed E-state index contributed by atoms with van der Waals surface area (Å²) in [6.07, 6.45) is 1.08. The fraction of sp³-hybridized carbons (Fsp3) is 0.400. The van der Waals surface area contributed by atoms with E-state index < -0.39 is 0 Å². The van der Waals surface area contributed by atoms with E-state index in [4.69, 9.17) is 9.47 Å². The molecule has 1 heterocycles. The van der Waals surface area contributed by atoms with Gasteiger partial charge in [0.05, 0.1) is 24.9 Å². The van der Waals surface area contributed by atoms with Crippen molar-refractivity contribution in [3.05, 3.63) is 30.0 Å². The van der Waals surface area contributed by atoms with Crippen LogP contribution < -0.4 is 10.1 Å². The van der Waals surface area contributed by atoms with Gasteiger partial charge in [0.25, 0.3) is 0 Å². The summed E-state index contributed by atoms with van der Waals surface area (Å²) in [5, 5.41) is 4.51. The van der Waals surface area contributed by atoms with E-state index in [0.717, 1.165) is 41.0 Å². The van der Waals surface area contributed by atoms with Crippen molar-refractivity contribution in [2.45, 2.75) is 20.0 Å². The lowest BCUT2D eigenvalue weighted by Gasteiger charge is -2.12. The molecule has 0 saturated heterocycles. The molecule has 0 spiro atoms. The molecular weight excluding hydrogens is 240 g/mol. The standard InChI is InChI=1S/C15H20N2O2/c1-4-7-16-15-8-11(10-18-2)17-14-6-5-12(19-3)9-13(14)15/h5-6,8-9H,4,7,10H2,1-3H3,(H,16,17). The third kappa shape index (κ3) is 3.15. The van der Waals surface area contributed by atoms with Gasteiger partial charge in [-0.1, -0.05) is 6.92 Å². The predicted molar refractivity (Wildman–Crippen MR) is 77.8 cm³/mol. The maximum Gasteiger partial charge on any atom is 0.119 e. The smallest absolute Gasteiger partial charge is 0.119 e. The molecule has 4 heteroatoms. The van der Waals surface area contributed by atoms with E-state index >= 15 is 0 Å². The second-order valence-corrected chi connectivity index (χ2v) is 4.40. The summed E-state index contributed by atoms with van der Waals surface area (Å²) in [5.74, 6) is 0.841. The van der Waals surface area contributed by atoms with E-state index in [0.29, 0.717) is 6.61 Å². The molecule has 0 saturated carbocycles. The minimum atomic E-state index is 0.517. The molecule has 2 rings (SSSR count). The minimum Gasteiger partial charge on any atom is -0.497 e. The first-order chi connectivity index (χ1) is 9.28. The van der Waals surface area contributed by atoms with Gasteiger partial charge in [0, 0.05) is 24.7 Å². The van der Waals surface area contributed by atoms with Crippen LogP contribution in [0.2, 0.25) is 0 Å². The molecule has 19 heavy (non-hydrogen) atoms. The zero-order valence-corrected chi connectivity index (χ0v) is 11.7. The van der Waals surface area contributed by atoms with Gasteiger partial charge in [-0.15, -0.1) is 0 Å². The number of benzene rings is 1. The van der Waals surface area contributed by atoms with Gasteiger partial charge in [0.1, 0.15) is 5.75 Å². The lowest BCUT2D eigenvalue weighted by atomic mass is 10.1. The van der Waals surface area contributed by atoms with Crippen molar-refractivity contribution >= 4 is 16.6 Å². The molecule has 0 amide bonds. The number of hydrogen-bond acceptors (Lipinski definition) is 4. The second-order valence-electron chi connectivity index (χ2n) is 4.40. The van der Waals surface area contributed by atoms with E-state index in [1.807, 2.05) is 24.3 Å². The number of nitrogens with one attached hydrogen (secondary N) is 1. The van der Waals surface area contributed by atoms with Crippen molar-refractivity contribution < 1.29 is 9.47 Å². The van der Waals surface area contributed by atoms with Crippen molar-refractivity contribution in [3.8, 4) is 5.75 Å². The quantitative estimate of drug-likeness (QED) is 0.866. The summed E-state index contributed by atoms with van der Waals surface area (Å²) < 4.78 is 10.4. The molecule has 0 atom stereocenters. The number of hydrogen-bond donors (Lipinski definition) is 1. The highest BCUT2D eigenvalue weighted by molar-refractivity contribution is 5.92. The molecule has 0 bridgehead atoms. The largest absolute Gasteiger partial charge is 0.497 e. The molecule has 0 radical (unpaired) electrons. The SMILES string of the molecule is CCCNc1cc(COC)nc2ccc(OC)cc12. The number of nitrogens with zero attached hydrogens (tertiary/aromatic N) is 1. The summed E-state index contributed by atoms with van der Waals surface area (Å²) in [6, 6.07) is 7.96. The van der Waals surface area contributed by atoms with Crippen LogP contribution in [0.25, 0.3) is 10.9 Å². The Labute approximate surface area is 113 Å². The fourth-order valence-corrected chi connectivity index (χ4v) is 2.01. The van der Waals surface area contributed by atoms with Crippen LogP contribution in [0, 0.1) is 0 Å². The Kier molecular flexibility index (Phi) is 4.58. The third-order valence-electron chi connectivity index (χ3n) is 2.93. The van der Waals surface area contributed by atoms with Crippen LogP contribution >= 0.6 is 0 Å². The lowest BCUT2D eigenvalue weighted by molar-refractivity contribution is 0.182. The molecule has 4 nitrogen and oxygen atoms in total. The van der Waals surface area contributed by atoms with E-state index in [2.05, 4.69) is 17.2 Å². The Balaban J connectivity index is 2.50. The average Bonchev–Trinajstić information content (AvgIpc) is 2.44. The molecule has 0 aliphatic carbocycles. The molecule has 1 N–H and O–H groups in total. The number of fused-ring (bicyclic) bond motifs is 1. The second kappa shape index (κ2) is 6.38. The van der Waals surface area contributed by atoms with Gasteiger partial charge in [-0.25, -0.2) is 0 Å². The topological polar surface area (TPSA) is 43.4 Å². The maximum atomic E-state index is 5.28. The Morgan fingerprint density at radius 3 is 2.74 bits per heavy atom. The minimum absolute atomic E-state index is 0.517. The van der Waals surface area contributed by atoms with Crippen LogP contribution in [-0.4, -0.2) is 25.7 Å². The molecule has 0 aliphatic heterocycles. The van der Waals surface area contributed by atoms with E-state index in [1.54, 1.807) is 14.2 Å².